The Hall–Kier alpha value is -2.54. The highest BCUT2D eigenvalue weighted by Crippen LogP contribution is 2.08. The van der Waals surface area contributed by atoms with Crippen LogP contribution in [0, 0.1) is 0 Å². The lowest BCUT2D eigenvalue weighted by Gasteiger charge is -2.06. The highest BCUT2D eigenvalue weighted by molar-refractivity contribution is 6.30. The predicted octanol–water partition coefficient (Wildman–Crippen LogP) is 1.30. The van der Waals surface area contributed by atoms with Crippen LogP contribution in [0.2, 0.25) is 5.02 Å². The van der Waals surface area contributed by atoms with Crippen LogP contribution in [0.3, 0.4) is 0 Å². The van der Waals surface area contributed by atoms with E-state index in [-0.39, 0.29) is 5.91 Å². The fourth-order valence-corrected chi connectivity index (χ4v) is 2.05. The van der Waals surface area contributed by atoms with Crippen LogP contribution >= 0.6 is 11.6 Å². The minimum absolute atomic E-state index is 0.266. The zero-order valence-corrected chi connectivity index (χ0v) is 11.7. The summed E-state index contributed by atoms with van der Waals surface area (Å²) in [5.74, 6) is -0.266. The first-order valence-corrected chi connectivity index (χ1v) is 6.62. The first-order valence-electron chi connectivity index (χ1n) is 6.24. The van der Waals surface area contributed by atoms with Crippen molar-refractivity contribution in [3.8, 4) is 0 Å². The van der Waals surface area contributed by atoms with Crippen molar-refractivity contribution in [2.75, 3.05) is 6.54 Å². The molecule has 0 aliphatic carbocycles. The standard InChI is InChI=1S/C13H11ClN6O/c14-9-1-2-16-10(5-9)13(21)17-3-4-20-8-19-12-11(20)6-15-7-18-12/h1-2,5-8H,3-4H2,(H,17,21). The van der Waals surface area contributed by atoms with Gasteiger partial charge in [0.25, 0.3) is 5.91 Å². The van der Waals surface area contributed by atoms with Crippen LogP contribution in [0.25, 0.3) is 11.2 Å². The van der Waals surface area contributed by atoms with Crippen molar-refractivity contribution in [1.29, 1.82) is 0 Å². The van der Waals surface area contributed by atoms with Gasteiger partial charge in [-0.25, -0.2) is 15.0 Å². The number of pyridine rings is 1. The second kappa shape index (κ2) is 5.84. The van der Waals surface area contributed by atoms with Crippen LogP contribution in [0.1, 0.15) is 10.5 Å². The molecule has 7 nitrogen and oxygen atoms in total. The van der Waals surface area contributed by atoms with Crippen LogP contribution < -0.4 is 5.32 Å². The molecule has 0 aromatic carbocycles. The quantitative estimate of drug-likeness (QED) is 0.785. The van der Waals surface area contributed by atoms with Gasteiger partial charge in [-0.15, -0.1) is 0 Å². The van der Waals surface area contributed by atoms with Crippen molar-refractivity contribution in [3.05, 3.63) is 47.9 Å². The summed E-state index contributed by atoms with van der Waals surface area (Å²) in [7, 11) is 0. The Kier molecular flexibility index (Phi) is 3.74. The van der Waals surface area contributed by atoms with E-state index in [1.165, 1.54) is 18.6 Å². The zero-order valence-electron chi connectivity index (χ0n) is 10.9. The molecule has 3 heterocycles. The van der Waals surface area contributed by atoms with E-state index in [0.29, 0.717) is 29.5 Å². The summed E-state index contributed by atoms with van der Waals surface area (Å²) in [6, 6.07) is 3.15. The lowest BCUT2D eigenvalue weighted by molar-refractivity contribution is 0.0947. The molecule has 0 fully saturated rings. The van der Waals surface area contributed by atoms with E-state index in [1.807, 2.05) is 4.57 Å². The highest BCUT2D eigenvalue weighted by Gasteiger charge is 2.08. The Morgan fingerprint density at radius 3 is 3.10 bits per heavy atom. The number of aromatic nitrogens is 5. The lowest BCUT2D eigenvalue weighted by Crippen LogP contribution is -2.27. The number of carbonyl (C=O) groups is 1. The fraction of sp³-hybridized carbons (Fsp3) is 0.154. The Morgan fingerprint density at radius 2 is 2.24 bits per heavy atom. The average Bonchev–Trinajstić information content (AvgIpc) is 2.91. The van der Waals surface area contributed by atoms with Gasteiger partial charge in [0.05, 0.1) is 12.5 Å². The van der Waals surface area contributed by atoms with Gasteiger partial charge >= 0.3 is 0 Å². The maximum Gasteiger partial charge on any atom is 0.269 e. The van der Waals surface area contributed by atoms with Gasteiger partial charge in [-0.1, -0.05) is 11.6 Å². The van der Waals surface area contributed by atoms with Crippen LogP contribution in [-0.4, -0.2) is 37.0 Å². The number of halogens is 1. The summed E-state index contributed by atoms with van der Waals surface area (Å²) in [4.78, 5) is 28.0. The average molecular weight is 303 g/mol. The zero-order chi connectivity index (χ0) is 14.7. The van der Waals surface area contributed by atoms with Crippen LogP contribution in [0.15, 0.2) is 37.2 Å². The summed E-state index contributed by atoms with van der Waals surface area (Å²) in [6.45, 7) is 1.00. The van der Waals surface area contributed by atoms with Crippen molar-refractivity contribution in [1.82, 2.24) is 29.8 Å². The second-order valence-electron chi connectivity index (χ2n) is 4.28. The van der Waals surface area contributed by atoms with Crippen LogP contribution in [-0.2, 0) is 6.54 Å². The van der Waals surface area contributed by atoms with Crippen molar-refractivity contribution < 1.29 is 4.79 Å². The molecule has 0 spiro atoms. The maximum absolute atomic E-state index is 11.9. The third-order valence-corrected chi connectivity index (χ3v) is 3.13. The number of nitrogens with one attached hydrogen (secondary N) is 1. The van der Waals surface area contributed by atoms with Gasteiger partial charge in [-0.2, -0.15) is 0 Å². The molecule has 1 N–H and O–H groups in total. The monoisotopic (exact) mass is 302 g/mol. The minimum Gasteiger partial charge on any atom is -0.349 e. The van der Waals surface area contributed by atoms with E-state index in [2.05, 4.69) is 25.3 Å². The maximum atomic E-state index is 11.9. The Labute approximate surface area is 125 Å². The van der Waals surface area contributed by atoms with Gasteiger partial charge in [-0.3, -0.25) is 9.78 Å². The lowest BCUT2D eigenvalue weighted by atomic mass is 10.3. The number of rotatable bonds is 4. The molecular formula is C13H11ClN6O. The minimum atomic E-state index is -0.266. The van der Waals surface area contributed by atoms with Crippen molar-refractivity contribution in [3.63, 3.8) is 0 Å². The number of hydrogen-bond acceptors (Lipinski definition) is 5. The molecule has 0 saturated carbocycles. The summed E-state index contributed by atoms with van der Waals surface area (Å²) in [6.07, 6.45) is 6.31. The van der Waals surface area contributed by atoms with Crippen molar-refractivity contribution in [2.45, 2.75) is 6.54 Å². The molecule has 21 heavy (non-hydrogen) atoms. The largest absolute Gasteiger partial charge is 0.349 e. The molecule has 1 amide bonds. The normalized spacial score (nSPS) is 10.7. The Morgan fingerprint density at radius 1 is 1.33 bits per heavy atom. The molecule has 8 heteroatoms. The molecule has 0 atom stereocenters. The molecule has 3 rings (SSSR count). The molecule has 3 aromatic rings. The molecule has 0 unspecified atom stereocenters. The van der Waals surface area contributed by atoms with Gasteiger partial charge < -0.3 is 9.88 Å². The number of imidazole rings is 1. The SMILES string of the molecule is O=C(NCCn1cnc2ncncc21)c1cc(Cl)ccn1. The third-order valence-electron chi connectivity index (χ3n) is 2.89. The van der Waals surface area contributed by atoms with Crippen LogP contribution in [0.5, 0.6) is 0 Å². The summed E-state index contributed by atoms with van der Waals surface area (Å²) in [5.41, 5.74) is 1.75. The summed E-state index contributed by atoms with van der Waals surface area (Å²) >= 11 is 5.82. The number of carbonyl (C=O) groups excluding carboxylic acids is 1. The van der Waals surface area contributed by atoms with E-state index in [1.54, 1.807) is 18.6 Å². The first-order chi connectivity index (χ1) is 10.2. The van der Waals surface area contributed by atoms with E-state index >= 15 is 0 Å². The van der Waals surface area contributed by atoms with Gasteiger partial charge in [0, 0.05) is 24.3 Å². The van der Waals surface area contributed by atoms with E-state index in [9.17, 15) is 4.79 Å². The third kappa shape index (κ3) is 2.97. The van der Waals surface area contributed by atoms with E-state index < -0.39 is 0 Å². The fourth-order valence-electron chi connectivity index (χ4n) is 1.89. The molecule has 3 aromatic heterocycles. The first kappa shape index (κ1) is 13.4. The Bertz CT molecular complexity index is 787. The smallest absolute Gasteiger partial charge is 0.269 e. The molecule has 0 saturated heterocycles. The van der Waals surface area contributed by atoms with Gasteiger partial charge in [0.1, 0.15) is 17.5 Å². The van der Waals surface area contributed by atoms with Gasteiger partial charge in [0.2, 0.25) is 0 Å². The number of hydrogen-bond donors (Lipinski definition) is 1. The Balaban J connectivity index is 1.62. The molecular weight excluding hydrogens is 292 g/mol. The molecule has 0 aliphatic heterocycles. The molecule has 0 aliphatic rings. The van der Waals surface area contributed by atoms with E-state index in [4.69, 9.17) is 11.6 Å². The molecule has 0 radical (unpaired) electrons. The predicted molar refractivity (Wildman–Crippen MR) is 76.9 cm³/mol. The summed E-state index contributed by atoms with van der Waals surface area (Å²) in [5, 5.41) is 3.26. The van der Waals surface area contributed by atoms with Crippen molar-refractivity contribution >= 4 is 28.7 Å². The topological polar surface area (TPSA) is 85.6 Å². The van der Waals surface area contributed by atoms with Crippen LogP contribution in [0.4, 0.5) is 0 Å². The molecule has 0 bridgehead atoms. The summed E-state index contributed by atoms with van der Waals surface area (Å²) < 4.78 is 1.88. The van der Waals surface area contributed by atoms with Gasteiger partial charge in [0.15, 0.2) is 5.65 Å². The number of fused-ring (bicyclic) bond motifs is 1. The van der Waals surface area contributed by atoms with Gasteiger partial charge in [-0.05, 0) is 12.1 Å². The number of amides is 1. The second-order valence-corrected chi connectivity index (χ2v) is 4.72. The van der Waals surface area contributed by atoms with E-state index in [0.717, 1.165) is 5.52 Å². The molecule has 106 valence electrons. The highest BCUT2D eigenvalue weighted by atomic mass is 35.5. The van der Waals surface area contributed by atoms with Crippen molar-refractivity contribution in [2.24, 2.45) is 0 Å². The number of nitrogens with zero attached hydrogens (tertiary/aromatic N) is 5.